The molecule has 0 bridgehead atoms. The van der Waals surface area contributed by atoms with E-state index in [2.05, 4.69) is 13.8 Å². The smallest absolute Gasteiger partial charge is 0.225 e. The van der Waals surface area contributed by atoms with Gasteiger partial charge in [0.25, 0.3) is 0 Å². The summed E-state index contributed by atoms with van der Waals surface area (Å²) in [5, 5.41) is 0. The zero-order chi connectivity index (χ0) is 13.7. The molecule has 0 saturated carbocycles. The van der Waals surface area contributed by atoms with Gasteiger partial charge in [-0.05, 0) is 17.0 Å². The minimum absolute atomic E-state index is 0.0556. The van der Waals surface area contributed by atoms with Gasteiger partial charge in [0, 0.05) is 26.1 Å². The van der Waals surface area contributed by atoms with Crippen molar-refractivity contribution < 1.29 is 4.79 Å². The van der Waals surface area contributed by atoms with Crippen LogP contribution in [-0.2, 0) is 17.9 Å². The number of hydrogen-bond donors (Lipinski definition) is 1. The van der Waals surface area contributed by atoms with Gasteiger partial charge in [0.05, 0.1) is 0 Å². The summed E-state index contributed by atoms with van der Waals surface area (Å²) in [7, 11) is 1.86. The van der Waals surface area contributed by atoms with Crippen molar-refractivity contribution in [1.82, 2.24) is 4.90 Å². The first-order chi connectivity index (χ1) is 8.47. The van der Waals surface area contributed by atoms with Crippen molar-refractivity contribution in [1.29, 1.82) is 0 Å². The topological polar surface area (TPSA) is 46.3 Å². The van der Waals surface area contributed by atoms with Gasteiger partial charge in [0.15, 0.2) is 0 Å². The maximum atomic E-state index is 12.2. The number of carbonyl (C=O) groups excluding carboxylic acids is 1. The highest BCUT2D eigenvalue weighted by molar-refractivity contribution is 5.78. The molecule has 0 fully saturated rings. The van der Waals surface area contributed by atoms with Crippen LogP contribution in [-0.4, -0.2) is 17.9 Å². The maximum absolute atomic E-state index is 12.2. The van der Waals surface area contributed by atoms with Crippen LogP contribution >= 0.6 is 0 Å². The van der Waals surface area contributed by atoms with E-state index in [-0.39, 0.29) is 11.8 Å². The second-order valence-electron chi connectivity index (χ2n) is 5.20. The zero-order valence-electron chi connectivity index (χ0n) is 11.8. The van der Waals surface area contributed by atoms with Crippen LogP contribution < -0.4 is 5.73 Å². The van der Waals surface area contributed by atoms with E-state index in [1.807, 2.05) is 38.2 Å². The number of rotatable bonds is 5. The molecule has 1 atom stereocenters. The fourth-order valence-corrected chi connectivity index (χ4v) is 1.88. The Labute approximate surface area is 110 Å². The van der Waals surface area contributed by atoms with Crippen LogP contribution in [0.3, 0.4) is 0 Å². The standard InChI is InChI=1S/C15H24N2O/c1-11(2)12(3)15(18)17(4)10-14-8-6-5-7-13(14)9-16/h5-8,11-12H,9-10,16H2,1-4H3. The highest BCUT2D eigenvalue weighted by atomic mass is 16.2. The predicted octanol–water partition coefficient (Wildman–Crippen LogP) is 2.40. The number of amides is 1. The number of hydrogen-bond acceptors (Lipinski definition) is 2. The molecule has 1 rings (SSSR count). The normalized spacial score (nSPS) is 12.6. The lowest BCUT2D eigenvalue weighted by atomic mass is 9.96. The summed E-state index contributed by atoms with van der Waals surface area (Å²) >= 11 is 0. The Balaban J connectivity index is 2.75. The third-order valence-corrected chi connectivity index (χ3v) is 3.51. The summed E-state index contributed by atoms with van der Waals surface area (Å²) in [4.78, 5) is 14.0. The summed E-state index contributed by atoms with van der Waals surface area (Å²) in [6, 6.07) is 8.01. The molecule has 0 saturated heterocycles. The van der Waals surface area contributed by atoms with Gasteiger partial charge in [0.1, 0.15) is 0 Å². The first-order valence-corrected chi connectivity index (χ1v) is 6.49. The van der Waals surface area contributed by atoms with Crippen LogP contribution in [0.25, 0.3) is 0 Å². The maximum Gasteiger partial charge on any atom is 0.225 e. The van der Waals surface area contributed by atoms with E-state index in [0.29, 0.717) is 19.0 Å². The molecule has 100 valence electrons. The first-order valence-electron chi connectivity index (χ1n) is 6.49. The fourth-order valence-electron chi connectivity index (χ4n) is 1.88. The number of nitrogens with zero attached hydrogens (tertiary/aromatic N) is 1. The molecule has 0 aliphatic heterocycles. The average molecular weight is 248 g/mol. The van der Waals surface area contributed by atoms with Crippen LogP contribution in [0.5, 0.6) is 0 Å². The van der Waals surface area contributed by atoms with E-state index in [0.717, 1.165) is 11.1 Å². The largest absolute Gasteiger partial charge is 0.341 e. The molecule has 0 radical (unpaired) electrons. The van der Waals surface area contributed by atoms with Crippen molar-refractivity contribution in [2.75, 3.05) is 7.05 Å². The van der Waals surface area contributed by atoms with E-state index >= 15 is 0 Å². The monoisotopic (exact) mass is 248 g/mol. The van der Waals surface area contributed by atoms with Gasteiger partial charge in [-0.15, -0.1) is 0 Å². The van der Waals surface area contributed by atoms with Crippen molar-refractivity contribution in [2.45, 2.75) is 33.9 Å². The van der Waals surface area contributed by atoms with Crippen molar-refractivity contribution >= 4 is 5.91 Å². The van der Waals surface area contributed by atoms with E-state index < -0.39 is 0 Å². The second kappa shape index (κ2) is 6.55. The molecule has 1 unspecified atom stereocenters. The third kappa shape index (κ3) is 3.57. The molecule has 3 heteroatoms. The molecule has 3 nitrogen and oxygen atoms in total. The van der Waals surface area contributed by atoms with Crippen molar-refractivity contribution in [3.05, 3.63) is 35.4 Å². The van der Waals surface area contributed by atoms with Crippen molar-refractivity contribution in [3.63, 3.8) is 0 Å². The quantitative estimate of drug-likeness (QED) is 0.869. The van der Waals surface area contributed by atoms with Crippen LogP contribution in [0, 0.1) is 11.8 Å². The molecule has 0 spiro atoms. The average Bonchev–Trinajstić information content (AvgIpc) is 2.37. The van der Waals surface area contributed by atoms with Gasteiger partial charge in [0.2, 0.25) is 5.91 Å². The molecule has 0 aromatic heterocycles. The van der Waals surface area contributed by atoms with Gasteiger partial charge in [-0.1, -0.05) is 45.0 Å². The Kier molecular flexibility index (Phi) is 5.35. The lowest BCUT2D eigenvalue weighted by Crippen LogP contribution is -2.33. The Hall–Kier alpha value is -1.35. The molecular formula is C15H24N2O. The van der Waals surface area contributed by atoms with Crippen LogP contribution in [0.15, 0.2) is 24.3 Å². The second-order valence-corrected chi connectivity index (χ2v) is 5.20. The van der Waals surface area contributed by atoms with E-state index in [9.17, 15) is 4.79 Å². The summed E-state index contributed by atoms with van der Waals surface area (Å²) in [6.45, 7) is 7.27. The molecule has 1 aromatic carbocycles. The Morgan fingerprint density at radius 2 is 1.78 bits per heavy atom. The first kappa shape index (κ1) is 14.7. The molecule has 18 heavy (non-hydrogen) atoms. The van der Waals surface area contributed by atoms with E-state index in [4.69, 9.17) is 5.73 Å². The Bertz CT molecular complexity index is 401. The van der Waals surface area contributed by atoms with E-state index in [1.165, 1.54) is 0 Å². The Morgan fingerprint density at radius 1 is 1.22 bits per heavy atom. The van der Waals surface area contributed by atoms with Gasteiger partial charge < -0.3 is 10.6 Å². The summed E-state index contributed by atoms with van der Waals surface area (Å²) in [5.41, 5.74) is 7.94. The van der Waals surface area contributed by atoms with Crippen LogP contribution in [0.1, 0.15) is 31.9 Å². The van der Waals surface area contributed by atoms with Gasteiger partial charge in [-0.2, -0.15) is 0 Å². The molecule has 0 aliphatic carbocycles. The molecule has 1 amide bonds. The van der Waals surface area contributed by atoms with Gasteiger partial charge in [-0.25, -0.2) is 0 Å². The molecule has 2 N–H and O–H groups in total. The number of benzene rings is 1. The number of carbonyl (C=O) groups is 1. The van der Waals surface area contributed by atoms with E-state index in [1.54, 1.807) is 4.90 Å². The van der Waals surface area contributed by atoms with Crippen LogP contribution in [0.4, 0.5) is 0 Å². The van der Waals surface area contributed by atoms with Crippen molar-refractivity contribution in [3.8, 4) is 0 Å². The van der Waals surface area contributed by atoms with Crippen LogP contribution in [0.2, 0.25) is 0 Å². The zero-order valence-corrected chi connectivity index (χ0v) is 11.8. The molecule has 1 aromatic rings. The fraction of sp³-hybridized carbons (Fsp3) is 0.533. The minimum Gasteiger partial charge on any atom is -0.341 e. The summed E-state index contributed by atoms with van der Waals surface area (Å²) < 4.78 is 0. The van der Waals surface area contributed by atoms with Crippen molar-refractivity contribution in [2.24, 2.45) is 17.6 Å². The molecule has 0 heterocycles. The lowest BCUT2D eigenvalue weighted by Gasteiger charge is -2.24. The number of nitrogens with two attached hydrogens (primary N) is 1. The summed E-state index contributed by atoms with van der Waals surface area (Å²) in [5.74, 6) is 0.613. The minimum atomic E-state index is 0.0556. The Morgan fingerprint density at radius 3 is 2.28 bits per heavy atom. The molecular weight excluding hydrogens is 224 g/mol. The predicted molar refractivity (Wildman–Crippen MR) is 74.8 cm³/mol. The third-order valence-electron chi connectivity index (χ3n) is 3.51. The van der Waals surface area contributed by atoms with Gasteiger partial charge >= 0.3 is 0 Å². The lowest BCUT2D eigenvalue weighted by molar-refractivity contribution is -0.135. The van der Waals surface area contributed by atoms with Gasteiger partial charge in [-0.3, -0.25) is 4.79 Å². The highest BCUT2D eigenvalue weighted by Gasteiger charge is 2.20. The SMILES string of the molecule is CC(C)C(C)C(=O)N(C)Cc1ccccc1CN. The molecule has 0 aliphatic rings. The highest BCUT2D eigenvalue weighted by Crippen LogP contribution is 2.16. The summed E-state index contributed by atoms with van der Waals surface area (Å²) in [6.07, 6.45) is 0.